The van der Waals surface area contributed by atoms with Crippen molar-refractivity contribution in [3.05, 3.63) is 0 Å². The van der Waals surface area contributed by atoms with Gasteiger partial charge in [-0.2, -0.15) is 0 Å². The molecule has 0 amide bonds. The normalized spacial score (nSPS) is 29.7. The number of nitrogens with one attached hydrogen (secondary N) is 1. The van der Waals surface area contributed by atoms with Crippen LogP contribution in [0.25, 0.3) is 0 Å². The molecule has 4 heteroatoms. The van der Waals surface area contributed by atoms with Gasteiger partial charge in [0.15, 0.2) is 0 Å². The zero-order valence-electron chi connectivity index (χ0n) is 14.3. The first-order valence-corrected chi connectivity index (χ1v) is 8.58. The van der Waals surface area contributed by atoms with Crippen molar-refractivity contribution < 1.29 is 9.84 Å². The lowest BCUT2D eigenvalue weighted by Crippen LogP contribution is -2.51. The van der Waals surface area contributed by atoms with E-state index in [0.29, 0.717) is 18.0 Å². The molecule has 1 heterocycles. The maximum absolute atomic E-state index is 10.7. The van der Waals surface area contributed by atoms with E-state index in [0.717, 1.165) is 51.9 Å². The Morgan fingerprint density at radius 3 is 2.52 bits per heavy atom. The molecule has 1 saturated carbocycles. The fourth-order valence-electron chi connectivity index (χ4n) is 3.37. The number of nitrogens with zero attached hydrogens (tertiary/aromatic N) is 1. The van der Waals surface area contributed by atoms with E-state index < -0.39 is 5.60 Å². The second-order valence-electron chi connectivity index (χ2n) is 8.10. The van der Waals surface area contributed by atoms with E-state index in [-0.39, 0.29) is 6.10 Å². The summed E-state index contributed by atoms with van der Waals surface area (Å²) in [4.78, 5) is 2.47. The summed E-state index contributed by atoms with van der Waals surface area (Å²) < 4.78 is 5.83. The molecular formula is C17H34N2O2. The Morgan fingerprint density at radius 1 is 1.24 bits per heavy atom. The van der Waals surface area contributed by atoms with Crippen LogP contribution in [0.15, 0.2) is 0 Å². The summed E-state index contributed by atoms with van der Waals surface area (Å²) in [5.41, 5.74) is -0.113. The second-order valence-corrected chi connectivity index (χ2v) is 8.10. The second kappa shape index (κ2) is 6.95. The number of hydrogen-bond acceptors (Lipinski definition) is 4. The zero-order valence-corrected chi connectivity index (χ0v) is 14.3. The Labute approximate surface area is 130 Å². The maximum atomic E-state index is 10.7. The van der Waals surface area contributed by atoms with Crippen molar-refractivity contribution >= 4 is 0 Å². The predicted octanol–water partition coefficient (Wildman–Crippen LogP) is 2.02. The highest BCUT2D eigenvalue weighted by Gasteiger charge is 2.36. The Bertz CT molecular complexity index is 321. The lowest BCUT2D eigenvalue weighted by atomic mass is 9.71. The molecule has 1 aliphatic heterocycles. The van der Waals surface area contributed by atoms with Gasteiger partial charge in [0.25, 0.3) is 0 Å². The quantitative estimate of drug-likeness (QED) is 0.815. The summed E-state index contributed by atoms with van der Waals surface area (Å²) in [7, 11) is 0. The van der Waals surface area contributed by atoms with Crippen LogP contribution < -0.4 is 5.32 Å². The van der Waals surface area contributed by atoms with Gasteiger partial charge in [0, 0.05) is 32.2 Å². The van der Waals surface area contributed by atoms with Crippen LogP contribution in [0, 0.1) is 5.41 Å². The van der Waals surface area contributed by atoms with Crippen molar-refractivity contribution in [3.8, 4) is 0 Å². The third kappa shape index (κ3) is 5.20. The number of morpholine rings is 1. The van der Waals surface area contributed by atoms with E-state index in [9.17, 15) is 5.11 Å². The van der Waals surface area contributed by atoms with E-state index in [2.05, 4.69) is 37.9 Å². The number of hydrogen-bond donors (Lipinski definition) is 2. The van der Waals surface area contributed by atoms with E-state index in [4.69, 9.17) is 4.74 Å². The molecule has 2 rings (SSSR count). The van der Waals surface area contributed by atoms with Gasteiger partial charge in [-0.1, -0.05) is 13.8 Å². The van der Waals surface area contributed by atoms with Crippen LogP contribution >= 0.6 is 0 Å². The summed E-state index contributed by atoms with van der Waals surface area (Å²) in [6.07, 6.45) is 4.32. The largest absolute Gasteiger partial charge is 0.389 e. The van der Waals surface area contributed by atoms with E-state index in [1.54, 1.807) is 0 Å². The van der Waals surface area contributed by atoms with Crippen LogP contribution in [-0.4, -0.2) is 60.5 Å². The molecule has 21 heavy (non-hydrogen) atoms. The predicted molar refractivity (Wildman–Crippen MR) is 86.5 cm³/mol. The zero-order chi connectivity index (χ0) is 15.5. The van der Waals surface area contributed by atoms with Crippen molar-refractivity contribution in [1.29, 1.82) is 0 Å². The van der Waals surface area contributed by atoms with Crippen molar-refractivity contribution in [3.63, 3.8) is 0 Å². The molecule has 2 aliphatic rings. The van der Waals surface area contributed by atoms with Gasteiger partial charge in [-0.15, -0.1) is 0 Å². The molecule has 0 spiro atoms. The number of ether oxygens (including phenoxy) is 1. The third-order valence-corrected chi connectivity index (χ3v) is 5.26. The van der Waals surface area contributed by atoms with Crippen LogP contribution in [0.5, 0.6) is 0 Å². The van der Waals surface area contributed by atoms with E-state index in [1.165, 1.54) is 0 Å². The van der Waals surface area contributed by atoms with Gasteiger partial charge >= 0.3 is 0 Å². The minimum Gasteiger partial charge on any atom is -0.389 e. The molecule has 1 aliphatic carbocycles. The lowest BCUT2D eigenvalue weighted by Gasteiger charge is -2.41. The fourth-order valence-corrected chi connectivity index (χ4v) is 3.37. The monoisotopic (exact) mass is 298 g/mol. The first-order chi connectivity index (χ1) is 9.80. The van der Waals surface area contributed by atoms with Crippen molar-refractivity contribution in [2.24, 2.45) is 5.41 Å². The first-order valence-electron chi connectivity index (χ1n) is 8.58. The van der Waals surface area contributed by atoms with Crippen molar-refractivity contribution in [1.82, 2.24) is 10.2 Å². The molecule has 0 bridgehead atoms. The fraction of sp³-hybridized carbons (Fsp3) is 1.00. The average molecular weight is 298 g/mol. The number of aliphatic hydroxyl groups is 1. The smallest absolute Gasteiger partial charge is 0.0826 e. The SMILES string of the molecule is CC(C)N1CCOC(CNCC2(O)CCC(C)(C)CC2)C1. The summed E-state index contributed by atoms with van der Waals surface area (Å²) in [5.74, 6) is 0. The third-order valence-electron chi connectivity index (χ3n) is 5.26. The molecule has 1 atom stereocenters. The van der Waals surface area contributed by atoms with Gasteiger partial charge in [-0.3, -0.25) is 4.90 Å². The molecule has 124 valence electrons. The summed E-state index contributed by atoms with van der Waals surface area (Å²) >= 11 is 0. The van der Waals surface area contributed by atoms with Crippen LogP contribution in [0.2, 0.25) is 0 Å². The summed E-state index contributed by atoms with van der Waals surface area (Å²) in [5, 5.41) is 14.1. The molecule has 1 saturated heterocycles. The summed E-state index contributed by atoms with van der Waals surface area (Å²) in [6.45, 7) is 13.5. The molecule has 2 fully saturated rings. The van der Waals surface area contributed by atoms with Crippen LogP contribution in [-0.2, 0) is 4.74 Å². The molecular weight excluding hydrogens is 264 g/mol. The summed E-state index contributed by atoms with van der Waals surface area (Å²) in [6, 6.07) is 0.584. The molecule has 0 aromatic heterocycles. The van der Waals surface area contributed by atoms with E-state index in [1.807, 2.05) is 0 Å². The van der Waals surface area contributed by atoms with Gasteiger partial charge in [0.05, 0.1) is 18.3 Å². The molecule has 2 N–H and O–H groups in total. The molecule has 4 nitrogen and oxygen atoms in total. The van der Waals surface area contributed by atoms with Crippen LogP contribution in [0.4, 0.5) is 0 Å². The standard InChI is InChI=1S/C17H34N2O2/c1-14(2)19-9-10-21-15(12-19)11-18-13-17(20)7-5-16(3,4)6-8-17/h14-15,18,20H,5-13H2,1-4H3. The van der Waals surface area contributed by atoms with Crippen LogP contribution in [0.3, 0.4) is 0 Å². The van der Waals surface area contributed by atoms with E-state index >= 15 is 0 Å². The topological polar surface area (TPSA) is 44.7 Å². The Kier molecular flexibility index (Phi) is 5.69. The minimum atomic E-state index is -0.512. The number of rotatable bonds is 5. The maximum Gasteiger partial charge on any atom is 0.0826 e. The van der Waals surface area contributed by atoms with Crippen molar-refractivity contribution in [2.45, 2.75) is 71.1 Å². The van der Waals surface area contributed by atoms with Gasteiger partial charge in [0.1, 0.15) is 0 Å². The highest BCUT2D eigenvalue weighted by molar-refractivity contribution is 4.91. The molecule has 1 unspecified atom stereocenters. The highest BCUT2D eigenvalue weighted by atomic mass is 16.5. The minimum absolute atomic E-state index is 0.254. The van der Waals surface area contributed by atoms with Gasteiger partial charge < -0.3 is 15.2 Å². The van der Waals surface area contributed by atoms with Crippen molar-refractivity contribution in [2.75, 3.05) is 32.8 Å². The first kappa shape index (κ1) is 17.2. The van der Waals surface area contributed by atoms with Gasteiger partial charge in [0.2, 0.25) is 0 Å². The lowest BCUT2D eigenvalue weighted by molar-refractivity contribution is -0.0476. The molecule has 0 radical (unpaired) electrons. The molecule has 0 aromatic carbocycles. The molecule has 0 aromatic rings. The van der Waals surface area contributed by atoms with Crippen LogP contribution in [0.1, 0.15) is 53.4 Å². The highest BCUT2D eigenvalue weighted by Crippen LogP contribution is 2.39. The van der Waals surface area contributed by atoms with Gasteiger partial charge in [-0.05, 0) is 44.9 Å². The van der Waals surface area contributed by atoms with Gasteiger partial charge in [-0.25, -0.2) is 0 Å². The Balaban J connectivity index is 1.69. The Hall–Kier alpha value is -0.160. The average Bonchev–Trinajstić information content (AvgIpc) is 2.43. The Morgan fingerprint density at radius 2 is 1.90 bits per heavy atom.